The van der Waals surface area contributed by atoms with Crippen molar-refractivity contribution in [1.29, 1.82) is 0 Å². The van der Waals surface area contributed by atoms with Crippen molar-refractivity contribution in [2.75, 3.05) is 6.61 Å². The van der Waals surface area contributed by atoms with Crippen LogP contribution in [0.3, 0.4) is 0 Å². The van der Waals surface area contributed by atoms with Gasteiger partial charge in [0.2, 0.25) is 0 Å². The van der Waals surface area contributed by atoms with Crippen LogP contribution in [0.25, 0.3) is 0 Å². The quantitative estimate of drug-likeness (QED) is 0.832. The first-order chi connectivity index (χ1) is 8.66. The molecule has 4 heteroatoms. The Bertz CT molecular complexity index is 430. The van der Waals surface area contributed by atoms with E-state index in [1.807, 2.05) is 0 Å². The van der Waals surface area contributed by atoms with Crippen LogP contribution in [0, 0.1) is 11.7 Å². The number of ether oxygens (including phenoxy) is 1. The molecule has 0 heterocycles. The molecular formula is C14H18FNOS. The van der Waals surface area contributed by atoms with Crippen LogP contribution < -0.4 is 5.73 Å². The highest BCUT2D eigenvalue weighted by molar-refractivity contribution is 7.80. The Hall–Kier alpha value is -1.00. The van der Waals surface area contributed by atoms with E-state index in [2.05, 4.69) is 0 Å². The van der Waals surface area contributed by atoms with Gasteiger partial charge in [0, 0.05) is 12.2 Å². The summed E-state index contributed by atoms with van der Waals surface area (Å²) in [7, 11) is 0. The number of thiocarbonyl (C=S) groups is 1. The summed E-state index contributed by atoms with van der Waals surface area (Å²) < 4.78 is 19.1. The lowest BCUT2D eigenvalue weighted by Gasteiger charge is -2.10. The summed E-state index contributed by atoms with van der Waals surface area (Å²) in [6, 6.07) is 4.78. The summed E-state index contributed by atoms with van der Waals surface area (Å²) in [4.78, 5) is 0.0881. The molecule has 0 saturated heterocycles. The highest BCUT2D eigenvalue weighted by Gasteiger charge is 2.15. The van der Waals surface area contributed by atoms with Crippen molar-refractivity contribution in [1.82, 2.24) is 0 Å². The first-order valence-corrected chi connectivity index (χ1v) is 6.73. The summed E-state index contributed by atoms with van der Waals surface area (Å²) in [5.74, 6) is 0.322. The van der Waals surface area contributed by atoms with Crippen molar-refractivity contribution >= 4 is 17.2 Å². The number of halogens is 1. The third-order valence-electron chi connectivity index (χ3n) is 3.39. The second-order valence-corrected chi connectivity index (χ2v) is 5.28. The predicted octanol–water partition coefficient (Wildman–Crippen LogP) is 3.17. The lowest BCUT2D eigenvalue weighted by Crippen LogP contribution is -2.12. The van der Waals surface area contributed by atoms with Crippen molar-refractivity contribution in [3.05, 3.63) is 35.1 Å². The van der Waals surface area contributed by atoms with Gasteiger partial charge >= 0.3 is 0 Å². The van der Waals surface area contributed by atoms with E-state index in [4.69, 9.17) is 22.7 Å². The number of rotatable bonds is 5. The Balaban J connectivity index is 1.88. The van der Waals surface area contributed by atoms with Gasteiger partial charge in [0.15, 0.2) is 0 Å². The fourth-order valence-electron chi connectivity index (χ4n) is 2.37. The van der Waals surface area contributed by atoms with Crippen LogP contribution in [-0.4, -0.2) is 11.6 Å². The van der Waals surface area contributed by atoms with Gasteiger partial charge in [-0.05, 0) is 36.5 Å². The van der Waals surface area contributed by atoms with Crippen LogP contribution >= 0.6 is 12.2 Å². The SMILES string of the molecule is NC(=S)c1cc(COCC2CCCC2)ccc1F. The Morgan fingerprint density at radius 3 is 2.78 bits per heavy atom. The van der Waals surface area contributed by atoms with E-state index < -0.39 is 0 Å². The molecule has 0 aliphatic heterocycles. The monoisotopic (exact) mass is 267 g/mol. The Kier molecular flexibility index (Phi) is 4.66. The highest BCUT2D eigenvalue weighted by atomic mass is 32.1. The van der Waals surface area contributed by atoms with Crippen LogP contribution in [0.2, 0.25) is 0 Å². The molecule has 0 atom stereocenters. The van der Waals surface area contributed by atoms with E-state index in [0.717, 1.165) is 12.2 Å². The molecule has 0 amide bonds. The smallest absolute Gasteiger partial charge is 0.133 e. The summed E-state index contributed by atoms with van der Waals surface area (Å²) in [6.45, 7) is 1.28. The zero-order valence-corrected chi connectivity index (χ0v) is 11.1. The molecule has 1 aromatic rings. The van der Waals surface area contributed by atoms with E-state index in [1.165, 1.54) is 31.7 Å². The first kappa shape index (κ1) is 13.4. The van der Waals surface area contributed by atoms with Gasteiger partial charge in [-0.3, -0.25) is 0 Å². The molecule has 1 saturated carbocycles. The van der Waals surface area contributed by atoms with Gasteiger partial charge in [0.1, 0.15) is 10.8 Å². The normalized spacial score (nSPS) is 16.1. The zero-order valence-electron chi connectivity index (χ0n) is 10.3. The summed E-state index contributed by atoms with van der Waals surface area (Å²) in [5.41, 5.74) is 6.67. The minimum Gasteiger partial charge on any atom is -0.389 e. The molecular weight excluding hydrogens is 249 g/mol. The molecule has 1 fully saturated rings. The summed E-state index contributed by atoms with van der Waals surface area (Å²) in [6.07, 6.45) is 5.16. The van der Waals surface area contributed by atoms with Crippen LogP contribution in [0.1, 0.15) is 36.8 Å². The number of hydrogen-bond donors (Lipinski definition) is 1. The first-order valence-electron chi connectivity index (χ1n) is 6.33. The maximum absolute atomic E-state index is 13.4. The molecule has 0 unspecified atom stereocenters. The Labute approximate surface area is 112 Å². The topological polar surface area (TPSA) is 35.2 Å². The van der Waals surface area contributed by atoms with Crippen LogP contribution in [0.5, 0.6) is 0 Å². The standard InChI is InChI=1S/C14H18FNOS/c15-13-6-5-11(7-12(13)14(16)18)9-17-8-10-3-1-2-4-10/h5-7,10H,1-4,8-9H2,(H2,16,18). The third kappa shape index (κ3) is 3.50. The largest absolute Gasteiger partial charge is 0.389 e. The van der Waals surface area contributed by atoms with Crippen molar-refractivity contribution < 1.29 is 9.13 Å². The van der Waals surface area contributed by atoms with E-state index in [0.29, 0.717) is 18.1 Å². The average Bonchev–Trinajstić information content (AvgIpc) is 2.84. The van der Waals surface area contributed by atoms with E-state index in [-0.39, 0.29) is 10.8 Å². The maximum Gasteiger partial charge on any atom is 0.133 e. The van der Waals surface area contributed by atoms with Crippen molar-refractivity contribution in [2.45, 2.75) is 32.3 Å². The van der Waals surface area contributed by atoms with Gasteiger partial charge in [-0.15, -0.1) is 0 Å². The second-order valence-electron chi connectivity index (χ2n) is 4.84. The van der Waals surface area contributed by atoms with Crippen LogP contribution in [-0.2, 0) is 11.3 Å². The van der Waals surface area contributed by atoms with Gasteiger partial charge in [0.25, 0.3) is 0 Å². The Morgan fingerprint density at radius 1 is 1.39 bits per heavy atom. The van der Waals surface area contributed by atoms with Crippen molar-refractivity contribution in [3.8, 4) is 0 Å². The number of hydrogen-bond acceptors (Lipinski definition) is 2. The van der Waals surface area contributed by atoms with Gasteiger partial charge in [-0.25, -0.2) is 4.39 Å². The molecule has 1 aliphatic carbocycles. The van der Waals surface area contributed by atoms with Crippen LogP contribution in [0.4, 0.5) is 4.39 Å². The number of benzene rings is 1. The molecule has 0 aromatic heterocycles. The molecule has 2 nitrogen and oxygen atoms in total. The van der Waals surface area contributed by atoms with Gasteiger partial charge < -0.3 is 10.5 Å². The van der Waals surface area contributed by atoms with E-state index in [1.54, 1.807) is 12.1 Å². The molecule has 2 N–H and O–H groups in total. The third-order valence-corrected chi connectivity index (χ3v) is 3.61. The minimum atomic E-state index is -0.373. The lowest BCUT2D eigenvalue weighted by atomic mass is 10.1. The van der Waals surface area contributed by atoms with Gasteiger partial charge in [0.05, 0.1) is 6.61 Å². The van der Waals surface area contributed by atoms with E-state index >= 15 is 0 Å². The minimum absolute atomic E-state index is 0.0881. The molecule has 18 heavy (non-hydrogen) atoms. The molecule has 98 valence electrons. The zero-order chi connectivity index (χ0) is 13.0. The predicted molar refractivity (Wildman–Crippen MR) is 73.9 cm³/mol. The molecule has 0 spiro atoms. The fourth-order valence-corrected chi connectivity index (χ4v) is 2.53. The second kappa shape index (κ2) is 6.25. The Morgan fingerprint density at radius 2 is 2.11 bits per heavy atom. The molecule has 1 aliphatic rings. The van der Waals surface area contributed by atoms with Crippen molar-refractivity contribution in [2.24, 2.45) is 11.7 Å². The molecule has 1 aromatic carbocycles. The fraction of sp³-hybridized carbons (Fsp3) is 0.500. The van der Waals surface area contributed by atoms with Gasteiger partial charge in [-0.1, -0.05) is 31.1 Å². The van der Waals surface area contributed by atoms with E-state index in [9.17, 15) is 4.39 Å². The average molecular weight is 267 g/mol. The lowest BCUT2D eigenvalue weighted by molar-refractivity contribution is 0.0888. The molecule has 2 rings (SSSR count). The maximum atomic E-state index is 13.4. The number of nitrogens with two attached hydrogens (primary N) is 1. The molecule has 0 bridgehead atoms. The van der Waals surface area contributed by atoms with Gasteiger partial charge in [-0.2, -0.15) is 0 Å². The molecule has 0 radical (unpaired) electrons. The van der Waals surface area contributed by atoms with Crippen LogP contribution in [0.15, 0.2) is 18.2 Å². The summed E-state index contributed by atoms with van der Waals surface area (Å²) in [5, 5.41) is 0. The van der Waals surface area contributed by atoms with Crippen molar-refractivity contribution in [3.63, 3.8) is 0 Å². The highest BCUT2D eigenvalue weighted by Crippen LogP contribution is 2.25. The summed E-state index contributed by atoms with van der Waals surface area (Å²) >= 11 is 4.81.